The highest BCUT2D eigenvalue weighted by molar-refractivity contribution is 5.02. The van der Waals surface area contributed by atoms with Crippen LogP contribution in [0.4, 0.5) is 0 Å². The fourth-order valence-corrected chi connectivity index (χ4v) is 2.44. The molecule has 2 N–H and O–H groups in total. The lowest BCUT2D eigenvalue weighted by molar-refractivity contribution is 0.0982. The van der Waals surface area contributed by atoms with E-state index in [-0.39, 0.29) is 12.1 Å². The van der Waals surface area contributed by atoms with E-state index in [1.165, 1.54) is 25.7 Å². The van der Waals surface area contributed by atoms with Crippen LogP contribution in [0, 0.1) is 5.92 Å². The van der Waals surface area contributed by atoms with E-state index in [1.807, 2.05) is 7.05 Å². The van der Waals surface area contributed by atoms with Crippen molar-refractivity contribution in [2.75, 3.05) is 33.3 Å². The van der Waals surface area contributed by atoms with Gasteiger partial charge in [-0.15, -0.1) is 0 Å². The zero-order valence-corrected chi connectivity index (χ0v) is 11.1. The summed E-state index contributed by atoms with van der Waals surface area (Å²) in [6.45, 7) is 7.92. The Morgan fingerprint density at radius 3 is 2.44 bits per heavy atom. The second kappa shape index (κ2) is 6.58. The second-order valence-electron chi connectivity index (χ2n) is 5.06. The Balaban J connectivity index is 2.50. The first-order valence-corrected chi connectivity index (χ1v) is 6.74. The zero-order chi connectivity index (χ0) is 12.0. The van der Waals surface area contributed by atoms with E-state index >= 15 is 0 Å². The Hall–Kier alpha value is -0.120. The van der Waals surface area contributed by atoms with Crippen LogP contribution in [0.1, 0.15) is 39.5 Å². The first-order chi connectivity index (χ1) is 7.72. The molecule has 0 aromatic rings. The normalized spacial score (nSPS) is 20.1. The molecule has 3 heteroatoms. The molecule has 1 atom stereocenters. The Labute approximate surface area is 100 Å². The van der Waals surface area contributed by atoms with Crippen molar-refractivity contribution in [1.82, 2.24) is 10.2 Å². The smallest absolute Gasteiger partial charge is 0.0628 e. The minimum absolute atomic E-state index is 0.0518. The van der Waals surface area contributed by atoms with Crippen molar-refractivity contribution in [2.24, 2.45) is 5.92 Å². The average Bonchev–Trinajstić information content (AvgIpc) is 3.15. The number of unbranched alkanes of at least 4 members (excludes halogenated alkanes) is 1. The Morgan fingerprint density at radius 1 is 1.38 bits per heavy atom. The van der Waals surface area contributed by atoms with Crippen molar-refractivity contribution in [2.45, 2.75) is 45.1 Å². The van der Waals surface area contributed by atoms with Crippen LogP contribution in [0.5, 0.6) is 0 Å². The standard InChI is InChI=1S/C13H28N2O/c1-4-6-9-15(5-2)10-13(11-16,14-3)12-7-8-12/h12,14,16H,4-11H2,1-3H3. The topological polar surface area (TPSA) is 35.5 Å². The summed E-state index contributed by atoms with van der Waals surface area (Å²) in [6, 6.07) is 0. The maximum Gasteiger partial charge on any atom is 0.0628 e. The number of rotatable bonds is 9. The van der Waals surface area contributed by atoms with E-state index in [2.05, 4.69) is 24.1 Å². The molecule has 3 nitrogen and oxygen atoms in total. The van der Waals surface area contributed by atoms with Crippen molar-refractivity contribution in [3.8, 4) is 0 Å². The Bertz CT molecular complexity index is 188. The van der Waals surface area contributed by atoms with Gasteiger partial charge >= 0.3 is 0 Å². The summed E-state index contributed by atoms with van der Waals surface area (Å²) >= 11 is 0. The lowest BCUT2D eigenvalue weighted by Gasteiger charge is -2.37. The molecule has 1 aliphatic carbocycles. The Morgan fingerprint density at radius 2 is 2.06 bits per heavy atom. The van der Waals surface area contributed by atoms with Crippen LogP contribution in [-0.2, 0) is 0 Å². The van der Waals surface area contributed by atoms with Gasteiger partial charge < -0.3 is 15.3 Å². The van der Waals surface area contributed by atoms with Gasteiger partial charge in [0, 0.05) is 6.54 Å². The fraction of sp³-hybridized carbons (Fsp3) is 1.00. The third-order valence-electron chi connectivity index (χ3n) is 3.92. The van der Waals surface area contributed by atoms with Crippen LogP contribution in [0.3, 0.4) is 0 Å². The summed E-state index contributed by atoms with van der Waals surface area (Å²) in [5, 5.41) is 13.0. The van der Waals surface area contributed by atoms with Crippen LogP contribution in [-0.4, -0.2) is 48.8 Å². The van der Waals surface area contributed by atoms with Crippen LogP contribution in [0.25, 0.3) is 0 Å². The summed E-state index contributed by atoms with van der Waals surface area (Å²) in [5.74, 6) is 0.679. The lowest BCUT2D eigenvalue weighted by atomic mass is 9.93. The van der Waals surface area contributed by atoms with Gasteiger partial charge in [-0.1, -0.05) is 20.3 Å². The maximum atomic E-state index is 9.67. The van der Waals surface area contributed by atoms with Crippen LogP contribution < -0.4 is 5.32 Å². The van der Waals surface area contributed by atoms with Crippen molar-refractivity contribution in [3.63, 3.8) is 0 Å². The molecule has 0 aliphatic heterocycles. The summed E-state index contributed by atoms with van der Waals surface area (Å²) in [4.78, 5) is 2.47. The predicted molar refractivity (Wildman–Crippen MR) is 68.6 cm³/mol. The lowest BCUT2D eigenvalue weighted by Crippen LogP contribution is -2.56. The molecule has 1 unspecified atom stereocenters. The van der Waals surface area contributed by atoms with E-state index in [0.29, 0.717) is 5.92 Å². The number of aliphatic hydroxyl groups excluding tert-OH is 1. The second-order valence-corrected chi connectivity index (χ2v) is 5.06. The van der Waals surface area contributed by atoms with Crippen molar-refractivity contribution < 1.29 is 5.11 Å². The molecule has 96 valence electrons. The molecule has 1 rings (SSSR count). The number of hydrogen-bond donors (Lipinski definition) is 2. The number of hydrogen-bond acceptors (Lipinski definition) is 3. The largest absolute Gasteiger partial charge is 0.394 e. The molecule has 0 amide bonds. The molecule has 0 aromatic heterocycles. The van der Waals surface area contributed by atoms with Gasteiger partial charge in [-0.3, -0.25) is 0 Å². The molecular weight excluding hydrogens is 200 g/mol. The van der Waals surface area contributed by atoms with Crippen LogP contribution in [0.2, 0.25) is 0 Å². The summed E-state index contributed by atoms with van der Waals surface area (Å²) < 4.78 is 0. The number of nitrogens with zero attached hydrogens (tertiary/aromatic N) is 1. The first kappa shape index (κ1) is 13.9. The van der Waals surface area contributed by atoms with E-state index in [1.54, 1.807) is 0 Å². The van der Waals surface area contributed by atoms with E-state index in [9.17, 15) is 5.11 Å². The Kier molecular flexibility index (Phi) is 5.73. The molecule has 0 saturated heterocycles. The van der Waals surface area contributed by atoms with E-state index in [4.69, 9.17) is 0 Å². The van der Waals surface area contributed by atoms with Gasteiger partial charge in [-0.2, -0.15) is 0 Å². The molecule has 0 bridgehead atoms. The third-order valence-corrected chi connectivity index (χ3v) is 3.92. The monoisotopic (exact) mass is 228 g/mol. The molecule has 1 fully saturated rings. The van der Waals surface area contributed by atoms with Crippen LogP contribution >= 0.6 is 0 Å². The summed E-state index contributed by atoms with van der Waals surface area (Å²) in [5.41, 5.74) is -0.0518. The maximum absolute atomic E-state index is 9.67. The zero-order valence-electron chi connectivity index (χ0n) is 11.1. The van der Waals surface area contributed by atoms with Gasteiger partial charge in [-0.05, 0) is 45.3 Å². The molecule has 0 heterocycles. The van der Waals surface area contributed by atoms with Gasteiger partial charge in [0.1, 0.15) is 0 Å². The molecule has 0 spiro atoms. The van der Waals surface area contributed by atoms with E-state index < -0.39 is 0 Å². The molecular formula is C13H28N2O. The number of aliphatic hydroxyl groups is 1. The van der Waals surface area contributed by atoms with Gasteiger partial charge in [-0.25, -0.2) is 0 Å². The van der Waals surface area contributed by atoms with Crippen molar-refractivity contribution in [3.05, 3.63) is 0 Å². The molecule has 1 aliphatic rings. The fourth-order valence-electron chi connectivity index (χ4n) is 2.44. The highest BCUT2D eigenvalue weighted by Gasteiger charge is 2.44. The van der Waals surface area contributed by atoms with Gasteiger partial charge in [0.15, 0.2) is 0 Å². The summed E-state index contributed by atoms with van der Waals surface area (Å²) in [6.07, 6.45) is 5.04. The number of nitrogens with one attached hydrogen (secondary N) is 1. The van der Waals surface area contributed by atoms with Gasteiger partial charge in [0.2, 0.25) is 0 Å². The number of likely N-dealkylation sites (N-methyl/N-ethyl adjacent to an activating group) is 2. The first-order valence-electron chi connectivity index (χ1n) is 6.74. The SMILES string of the molecule is CCCCN(CC)CC(CO)(NC)C1CC1. The van der Waals surface area contributed by atoms with Crippen molar-refractivity contribution in [1.29, 1.82) is 0 Å². The highest BCUT2D eigenvalue weighted by atomic mass is 16.3. The quantitative estimate of drug-likeness (QED) is 0.627. The van der Waals surface area contributed by atoms with Crippen molar-refractivity contribution >= 4 is 0 Å². The average molecular weight is 228 g/mol. The molecule has 0 aromatic carbocycles. The molecule has 1 saturated carbocycles. The minimum atomic E-state index is -0.0518. The van der Waals surface area contributed by atoms with Gasteiger partial charge in [0.25, 0.3) is 0 Å². The summed E-state index contributed by atoms with van der Waals surface area (Å²) in [7, 11) is 1.99. The van der Waals surface area contributed by atoms with Gasteiger partial charge in [0.05, 0.1) is 12.1 Å². The highest BCUT2D eigenvalue weighted by Crippen LogP contribution is 2.39. The minimum Gasteiger partial charge on any atom is -0.394 e. The predicted octanol–water partition coefficient (Wildman–Crippen LogP) is 1.47. The third kappa shape index (κ3) is 3.44. The van der Waals surface area contributed by atoms with Crippen LogP contribution in [0.15, 0.2) is 0 Å². The molecule has 0 radical (unpaired) electrons. The molecule has 16 heavy (non-hydrogen) atoms. The van der Waals surface area contributed by atoms with E-state index in [0.717, 1.165) is 19.6 Å².